The lowest BCUT2D eigenvalue weighted by Gasteiger charge is -2.24. The van der Waals surface area contributed by atoms with E-state index in [1.165, 1.54) is 0 Å². The Morgan fingerprint density at radius 1 is 1.24 bits per heavy atom. The van der Waals surface area contributed by atoms with Gasteiger partial charge in [-0.05, 0) is 32.7 Å². The van der Waals surface area contributed by atoms with E-state index in [9.17, 15) is 13.2 Å². The Kier molecular flexibility index (Phi) is 8.60. The van der Waals surface area contributed by atoms with Crippen molar-refractivity contribution in [3.8, 4) is 0 Å². The van der Waals surface area contributed by atoms with Crippen LogP contribution in [0.4, 0.5) is 13.2 Å². The van der Waals surface area contributed by atoms with E-state index in [-0.39, 0.29) is 25.2 Å². The molecule has 0 spiro atoms. The lowest BCUT2D eigenvalue weighted by atomic mass is 10.1. The van der Waals surface area contributed by atoms with Crippen molar-refractivity contribution >= 4 is 0 Å². The van der Waals surface area contributed by atoms with Crippen molar-refractivity contribution < 1.29 is 17.9 Å². The van der Waals surface area contributed by atoms with Gasteiger partial charge >= 0.3 is 6.18 Å². The van der Waals surface area contributed by atoms with Gasteiger partial charge in [-0.2, -0.15) is 13.2 Å². The Morgan fingerprint density at radius 2 is 1.88 bits per heavy atom. The van der Waals surface area contributed by atoms with E-state index in [1.807, 2.05) is 13.8 Å². The molecule has 0 rings (SSSR count). The van der Waals surface area contributed by atoms with Crippen LogP contribution in [-0.4, -0.2) is 31.5 Å². The third-order valence-corrected chi connectivity index (χ3v) is 2.65. The lowest BCUT2D eigenvalue weighted by Crippen LogP contribution is -2.39. The third-order valence-electron chi connectivity index (χ3n) is 2.65. The quantitative estimate of drug-likeness (QED) is 0.637. The summed E-state index contributed by atoms with van der Waals surface area (Å²) in [6.07, 6.45) is -2.88. The minimum absolute atomic E-state index is 0.0397. The predicted octanol–water partition coefficient (Wildman–Crippen LogP) is 3.51. The zero-order valence-electron chi connectivity index (χ0n) is 10.9. The van der Waals surface area contributed by atoms with E-state index in [0.29, 0.717) is 0 Å². The molecule has 0 radical (unpaired) electrons. The Labute approximate surface area is 102 Å². The SMILES string of the molecule is CCCNC(CC)C(C)OCCCC(F)(F)F. The average molecular weight is 255 g/mol. The fraction of sp³-hybridized carbons (Fsp3) is 1.00. The van der Waals surface area contributed by atoms with Crippen molar-refractivity contribution in [2.24, 2.45) is 0 Å². The summed E-state index contributed by atoms with van der Waals surface area (Å²) >= 11 is 0. The van der Waals surface area contributed by atoms with Gasteiger partial charge in [-0.1, -0.05) is 13.8 Å². The highest BCUT2D eigenvalue weighted by Crippen LogP contribution is 2.21. The Hall–Kier alpha value is -0.290. The van der Waals surface area contributed by atoms with Gasteiger partial charge in [0.15, 0.2) is 0 Å². The van der Waals surface area contributed by atoms with E-state index in [1.54, 1.807) is 0 Å². The maximum atomic E-state index is 11.9. The zero-order valence-corrected chi connectivity index (χ0v) is 10.9. The molecule has 0 aromatic carbocycles. The van der Waals surface area contributed by atoms with Crippen molar-refractivity contribution in [1.29, 1.82) is 0 Å². The highest BCUT2D eigenvalue weighted by atomic mass is 19.4. The van der Waals surface area contributed by atoms with Crippen molar-refractivity contribution in [1.82, 2.24) is 5.32 Å². The Bertz CT molecular complexity index is 185. The van der Waals surface area contributed by atoms with Crippen LogP contribution in [0, 0.1) is 0 Å². The number of halogens is 3. The molecule has 2 unspecified atom stereocenters. The summed E-state index contributed by atoms with van der Waals surface area (Å²) < 4.78 is 41.1. The molecule has 17 heavy (non-hydrogen) atoms. The standard InChI is InChI=1S/C12H24F3NO/c1-4-8-16-11(5-2)10(3)17-9-6-7-12(13,14)15/h10-11,16H,4-9H2,1-3H3. The Morgan fingerprint density at radius 3 is 2.35 bits per heavy atom. The van der Waals surface area contributed by atoms with E-state index in [2.05, 4.69) is 12.2 Å². The van der Waals surface area contributed by atoms with Crippen molar-refractivity contribution in [3.63, 3.8) is 0 Å². The normalized spacial score (nSPS) is 15.9. The molecule has 104 valence electrons. The van der Waals surface area contributed by atoms with Gasteiger partial charge in [0.05, 0.1) is 6.10 Å². The summed E-state index contributed by atoms with van der Waals surface area (Å²) in [7, 11) is 0. The second kappa shape index (κ2) is 8.75. The molecule has 1 N–H and O–H groups in total. The topological polar surface area (TPSA) is 21.3 Å². The van der Waals surface area contributed by atoms with Crippen LogP contribution in [0.2, 0.25) is 0 Å². The first-order valence-electron chi connectivity index (χ1n) is 6.32. The molecule has 5 heteroatoms. The van der Waals surface area contributed by atoms with Crippen LogP contribution in [0.5, 0.6) is 0 Å². The van der Waals surface area contributed by atoms with Crippen LogP contribution in [-0.2, 0) is 4.74 Å². The van der Waals surface area contributed by atoms with Gasteiger partial charge in [0, 0.05) is 19.1 Å². The smallest absolute Gasteiger partial charge is 0.377 e. The molecule has 2 atom stereocenters. The number of hydrogen-bond acceptors (Lipinski definition) is 2. The summed E-state index contributed by atoms with van der Waals surface area (Å²) in [5.74, 6) is 0. The molecule has 0 aromatic rings. The number of alkyl halides is 3. The minimum Gasteiger partial charge on any atom is -0.377 e. The summed E-state index contributed by atoms with van der Waals surface area (Å²) in [4.78, 5) is 0. The van der Waals surface area contributed by atoms with Gasteiger partial charge in [0.1, 0.15) is 0 Å². The number of rotatable bonds is 9. The lowest BCUT2D eigenvalue weighted by molar-refractivity contribution is -0.139. The predicted molar refractivity (Wildman–Crippen MR) is 63.1 cm³/mol. The van der Waals surface area contributed by atoms with Gasteiger partial charge in [-0.15, -0.1) is 0 Å². The second-order valence-electron chi connectivity index (χ2n) is 4.26. The molecule has 0 amide bonds. The first-order valence-corrected chi connectivity index (χ1v) is 6.32. The second-order valence-corrected chi connectivity index (χ2v) is 4.26. The van der Waals surface area contributed by atoms with Gasteiger partial charge in [-0.25, -0.2) is 0 Å². The van der Waals surface area contributed by atoms with Crippen LogP contribution < -0.4 is 5.32 Å². The zero-order chi connectivity index (χ0) is 13.3. The molecule has 0 aliphatic carbocycles. The highest BCUT2D eigenvalue weighted by molar-refractivity contribution is 4.71. The maximum Gasteiger partial charge on any atom is 0.389 e. The van der Waals surface area contributed by atoms with Gasteiger partial charge < -0.3 is 10.1 Å². The molecule has 0 fully saturated rings. The van der Waals surface area contributed by atoms with Crippen LogP contribution >= 0.6 is 0 Å². The van der Waals surface area contributed by atoms with E-state index < -0.39 is 12.6 Å². The number of nitrogens with one attached hydrogen (secondary N) is 1. The van der Waals surface area contributed by atoms with Gasteiger partial charge in [0.25, 0.3) is 0 Å². The van der Waals surface area contributed by atoms with Crippen LogP contribution in [0.15, 0.2) is 0 Å². The molecule has 0 bridgehead atoms. The van der Waals surface area contributed by atoms with E-state index in [4.69, 9.17) is 4.74 Å². The first-order chi connectivity index (χ1) is 7.90. The van der Waals surface area contributed by atoms with Gasteiger partial charge in [-0.3, -0.25) is 0 Å². The largest absolute Gasteiger partial charge is 0.389 e. The average Bonchev–Trinajstić information content (AvgIpc) is 2.24. The fourth-order valence-electron chi connectivity index (χ4n) is 1.63. The molecule has 0 aliphatic heterocycles. The summed E-state index contributed by atoms with van der Waals surface area (Å²) in [6, 6.07) is 0.223. The van der Waals surface area contributed by atoms with E-state index >= 15 is 0 Å². The number of hydrogen-bond donors (Lipinski definition) is 1. The van der Waals surface area contributed by atoms with E-state index in [0.717, 1.165) is 19.4 Å². The molecule has 0 saturated heterocycles. The fourth-order valence-corrected chi connectivity index (χ4v) is 1.63. The highest BCUT2D eigenvalue weighted by Gasteiger charge is 2.26. The maximum absolute atomic E-state index is 11.9. The van der Waals surface area contributed by atoms with Crippen LogP contribution in [0.3, 0.4) is 0 Å². The Balaban J connectivity index is 3.71. The monoisotopic (exact) mass is 255 g/mol. The summed E-state index contributed by atoms with van der Waals surface area (Å²) in [5.41, 5.74) is 0. The molecular weight excluding hydrogens is 231 g/mol. The van der Waals surface area contributed by atoms with Crippen molar-refractivity contribution in [2.75, 3.05) is 13.2 Å². The van der Waals surface area contributed by atoms with Crippen molar-refractivity contribution in [2.45, 2.75) is 64.8 Å². The van der Waals surface area contributed by atoms with Crippen molar-refractivity contribution in [3.05, 3.63) is 0 Å². The molecule has 0 saturated carbocycles. The van der Waals surface area contributed by atoms with Crippen LogP contribution in [0.1, 0.15) is 46.5 Å². The van der Waals surface area contributed by atoms with Crippen LogP contribution in [0.25, 0.3) is 0 Å². The molecule has 2 nitrogen and oxygen atoms in total. The third kappa shape index (κ3) is 9.41. The molecule has 0 aromatic heterocycles. The first kappa shape index (κ1) is 16.7. The summed E-state index contributed by atoms with van der Waals surface area (Å²) in [5, 5.41) is 3.33. The molecule has 0 aliphatic rings. The molecule has 0 heterocycles. The summed E-state index contributed by atoms with van der Waals surface area (Å²) in [6.45, 7) is 7.11. The van der Waals surface area contributed by atoms with Gasteiger partial charge in [0.2, 0.25) is 0 Å². The molecular formula is C12H24F3NO. The minimum atomic E-state index is -4.07. The number of ether oxygens (including phenoxy) is 1.